The molecule has 1 aliphatic heterocycles. The van der Waals surface area contributed by atoms with Crippen molar-refractivity contribution in [1.29, 1.82) is 0 Å². The van der Waals surface area contributed by atoms with E-state index in [-0.39, 0.29) is 16.9 Å². The van der Waals surface area contributed by atoms with Gasteiger partial charge in [-0.05, 0) is 32.0 Å². The summed E-state index contributed by atoms with van der Waals surface area (Å²) in [6, 6.07) is 4.28. The number of nitrogens with zero attached hydrogens (tertiary/aromatic N) is 1. The number of guanidine groups is 1. The molecule has 2 heterocycles. The van der Waals surface area contributed by atoms with Crippen LogP contribution in [0.25, 0.3) is 0 Å². The molecule has 3 rings (SSSR count). The number of aryl methyl sites for hydroxylation is 2. The molecule has 0 radical (unpaired) electrons. The van der Waals surface area contributed by atoms with Crippen LogP contribution in [0.4, 0.5) is 0 Å². The number of aliphatic imine (C=N–C) groups is 1. The second-order valence-corrected chi connectivity index (χ2v) is 7.51. The number of aliphatic carboxylic acids is 1. The quantitative estimate of drug-likeness (QED) is 0.262. The molecular weight excluding hydrogens is 446 g/mol. The van der Waals surface area contributed by atoms with Crippen molar-refractivity contribution < 1.29 is 33.8 Å². The fourth-order valence-corrected chi connectivity index (χ4v) is 3.23. The number of aromatic hydroxyl groups is 1. The zero-order valence-corrected chi connectivity index (χ0v) is 18.8. The monoisotopic (exact) mass is 473 g/mol. The van der Waals surface area contributed by atoms with E-state index in [4.69, 9.17) is 9.15 Å². The summed E-state index contributed by atoms with van der Waals surface area (Å²) in [5.74, 6) is -1.05. The van der Waals surface area contributed by atoms with E-state index in [0.29, 0.717) is 36.4 Å². The topological polar surface area (TPSA) is 175 Å². The molecule has 34 heavy (non-hydrogen) atoms. The number of carboxylic acids is 1. The minimum Gasteiger partial charge on any atom is -0.507 e. The Morgan fingerprint density at radius 2 is 2.00 bits per heavy atom. The van der Waals surface area contributed by atoms with Crippen molar-refractivity contribution in [3.8, 4) is 11.5 Å². The molecule has 1 aromatic heterocycles. The smallest absolute Gasteiger partial charge is 0.328 e. The van der Waals surface area contributed by atoms with Crippen molar-refractivity contribution in [3.05, 3.63) is 46.9 Å². The van der Waals surface area contributed by atoms with Crippen LogP contribution in [0.15, 0.2) is 33.7 Å². The van der Waals surface area contributed by atoms with E-state index in [1.165, 1.54) is 24.3 Å². The predicted molar refractivity (Wildman–Crippen MR) is 121 cm³/mol. The number of benzene rings is 1. The first-order chi connectivity index (χ1) is 16.2. The van der Waals surface area contributed by atoms with Crippen LogP contribution in [0.3, 0.4) is 0 Å². The Labute approximate surface area is 195 Å². The summed E-state index contributed by atoms with van der Waals surface area (Å²) in [5, 5.41) is 30.5. The van der Waals surface area contributed by atoms with Crippen molar-refractivity contribution in [2.24, 2.45) is 4.99 Å². The Morgan fingerprint density at radius 3 is 2.62 bits per heavy atom. The number of carboxylic acid groups (broad SMARTS) is 1. The van der Waals surface area contributed by atoms with Gasteiger partial charge in [-0.15, -0.1) is 0 Å². The highest BCUT2D eigenvalue weighted by molar-refractivity contribution is 5.99. The summed E-state index contributed by atoms with van der Waals surface area (Å²) < 4.78 is 10.8. The molecule has 0 unspecified atom stereocenters. The van der Waals surface area contributed by atoms with Gasteiger partial charge in [0.2, 0.25) is 0 Å². The van der Waals surface area contributed by atoms with Gasteiger partial charge >= 0.3 is 5.97 Å². The number of amides is 2. The number of hydrogen-bond acceptors (Lipinski definition) is 9. The number of rotatable bonds is 10. The Balaban J connectivity index is 1.51. The molecule has 0 bridgehead atoms. The van der Waals surface area contributed by atoms with E-state index < -0.39 is 30.4 Å². The van der Waals surface area contributed by atoms with Gasteiger partial charge in [0.15, 0.2) is 5.96 Å². The van der Waals surface area contributed by atoms with Crippen LogP contribution < -0.4 is 26.0 Å². The van der Waals surface area contributed by atoms with Crippen LogP contribution in [-0.4, -0.2) is 72.8 Å². The summed E-state index contributed by atoms with van der Waals surface area (Å²) in [4.78, 5) is 40.6. The molecule has 1 aromatic carbocycles. The van der Waals surface area contributed by atoms with Gasteiger partial charge in [-0.1, -0.05) is 0 Å². The van der Waals surface area contributed by atoms with Crippen LogP contribution in [0.5, 0.6) is 11.5 Å². The van der Waals surface area contributed by atoms with Gasteiger partial charge in [-0.3, -0.25) is 14.6 Å². The Hall–Kier alpha value is -4.22. The first kappa shape index (κ1) is 24.4. The fourth-order valence-electron chi connectivity index (χ4n) is 3.23. The number of nitrogens with one attached hydrogen (secondary N) is 4. The van der Waals surface area contributed by atoms with E-state index in [1.807, 2.05) is 0 Å². The molecule has 0 saturated heterocycles. The molecule has 0 spiro atoms. The molecule has 6 N–H and O–H groups in total. The van der Waals surface area contributed by atoms with Gasteiger partial charge in [0.25, 0.3) is 11.8 Å². The van der Waals surface area contributed by atoms with Gasteiger partial charge in [-0.2, -0.15) is 0 Å². The van der Waals surface area contributed by atoms with Gasteiger partial charge in [0.05, 0.1) is 24.2 Å². The number of phenolic OH excluding ortho intramolecular Hbond substituents is 1. The molecule has 0 fully saturated rings. The maximum atomic E-state index is 12.5. The van der Waals surface area contributed by atoms with Crippen LogP contribution in [0.1, 0.15) is 32.2 Å². The average molecular weight is 473 g/mol. The lowest BCUT2D eigenvalue weighted by molar-refractivity contribution is -0.139. The Kier molecular flexibility index (Phi) is 7.96. The minimum atomic E-state index is -1.39. The second-order valence-electron chi connectivity index (χ2n) is 7.51. The van der Waals surface area contributed by atoms with Gasteiger partial charge < -0.3 is 40.6 Å². The first-order valence-electron chi connectivity index (χ1n) is 10.6. The average Bonchev–Trinajstić information content (AvgIpc) is 3.42. The van der Waals surface area contributed by atoms with E-state index in [1.54, 1.807) is 13.8 Å². The molecule has 1 atom stereocenters. The van der Waals surface area contributed by atoms with Crippen molar-refractivity contribution in [1.82, 2.24) is 21.3 Å². The first-order valence-corrected chi connectivity index (χ1v) is 10.6. The third-order valence-electron chi connectivity index (χ3n) is 4.91. The third kappa shape index (κ3) is 6.40. The number of carbonyl (C=O) groups is 3. The van der Waals surface area contributed by atoms with Crippen molar-refractivity contribution in [2.75, 3.05) is 32.8 Å². The summed E-state index contributed by atoms with van der Waals surface area (Å²) in [6.07, 6.45) is 0. The zero-order valence-electron chi connectivity index (χ0n) is 18.8. The maximum Gasteiger partial charge on any atom is 0.328 e. The molecule has 2 aromatic rings. The Morgan fingerprint density at radius 1 is 1.21 bits per heavy atom. The van der Waals surface area contributed by atoms with Gasteiger partial charge in [-0.25, -0.2) is 4.79 Å². The van der Waals surface area contributed by atoms with E-state index >= 15 is 0 Å². The van der Waals surface area contributed by atoms with Crippen LogP contribution in [0.2, 0.25) is 0 Å². The molecule has 12 nitrogen and oxygen atoms in total. The van der Waals surface area contributed by atoms with Crippen LogP contribution in [0, 0.1) is 13.8 Å². The number of ether oxygens (including phenoxy) is 1. The van der Waals surface area contributed by atoms with Crippen molar-refractivity contribution in [2.45, 2.75) is 19.9 Å². The summed E-state index contributed by atoms with van der Waals surface area (Å²) in [6.45, 7) is 5.19. The number of hydrogen-bond donors (Lipinski definition) is 6. The summed E-state index contributed by atoms with van der Waals surface area (Å²) >= 11 is 0. The van der Waals surface area contributed by atoms with Crippen LogP contribution in [-0.2, 0) is 4.79 Å². The summed E-state index contributed by atoms with van der Waals surface area (Å²) in [5.41, 5.74) is 0.151. The number of carbonyl (C=O) groups excluding carboxylic acids is 2. The fraction of sp³-hybridized carbons (Fsp3) is 0.364. The maximum absolute atomic E-state index is 12.5. The van der Waals surface area contributed by atoms with E-state index in [9.17, 15) is 24.6 Å². The molecule has 2 amide bonds. The standard InChI is InChI=1S/C22H27N5O7/c1-12-9-16(13(2)34-12)20(30)27-17(21(31)32)11-26-19(29)15-4-3-14(10-18(15)28)33-8-7-25-22-23-5-6-24-22/h3-4,9-10,17,28H,5-8,11H2,1-2H3,(H,26,29)(H,27,30)(H,31,32)(H2,23,24,25)/t17-/m0/s1. The third-order valence-corrected chi connectivity index (χ3v) is 4.91. The van der Waals surface area contributed by atoms with E-state index in [2.05, 4.69) is 26.3 Å². The molecule has 0 aliphatic carbocycles. The van der Waals surface area contributed by atoms with Crippen molar-refractivity contribution in [3.63, 3.8) is 0 Å². The molecule has 182 valence electrons. The predicted octanol–water partition coefficient (Wildman–Crippen LogP) is 0.143. The molecule has 1 aliphatic rings. The number of furan rings is 1. The van der Waals surface area contributed by atoms with Crippen molar-refractivity contribution >= 4 is 23.7 Å². The number of phenols is 1. The summed E-state index contributed by atoms with van der Waals surface area (Å²) in [7, 11) is 0. The lowest BCUT2D eigenvalue weighted by Gasteiger charge is -2.16. The largest absolute Gasteiger partial charge is 0.507 e. The highest BCUT2D eigenvalue weighted by Gasteiger charge is 2.24. The molecule has 0 saturated carbocycles. The Bertz CT molecular complexity index is 1100. The second kappa shape index (κ2) is 11.1. The minimum absolute atomic E-state index is 0.0632. The lowest BCUT2D eigenvalue weighted by atomic mass is 10.1. The zero-order chi connectivity index (χ0) is 24.7. The highest BCUT2D eigenvalue weighted by atomic mass is 16.5. The highest BCUT2D eigenvalue weighted by Crippen LogP contribution is 2.23. The molecular formula is C22H27N5O7. The normalized spacial score (nSPS) is 13.4. The van der Waals surface area contributed by atoms with Gasteiger partial charge in [0.1, 0.15) is 35.7 Å². The van der Waals surface area contributed by atoms with E-state index in [0.717, 1.165) is 13.1 Å². The molecule has 12 heteroatoms. The lowest BCUT2D eigenvalue weighted by Crippen LogP contribution is -2.48. The van der Waals surface area contributed by atoms with Crippen LogP contribution >= 0.6 is 0 Å². The van der Waals surface area contributed by atoms with Gasteiger partial charge in [0, 0.05) is 19.2 Å². The SMILES string of the molecule is Cc1cc(C(=O)N[C@@H](CNC(=O)c2ccc(OCCNC3=NCCN3)cc2O)C(=O)O)c(C)o1.